The van der Waals surface area contributed by atoms with E-state index in [1.165, 1.54) is 28.1 Å². The lowest BCUT2D eigenvalue weighted by molar-refractivity contribution is -0.392. The van der Waals surface area contributed by atoms with E-state index < -0.39 is 36.1 Å². The van der Waals surface area contributed by atoms with Crippen LogP contribution in [0.3, 0.4) is 0 Å². The average Bonchev–Trinajstić information content (AvgIpc) is 3.33. The van der Waals surface area contributed by atoms with Gasteiger partial charge in [0.05, 0.1) is 12.9 Å². The molecular formula is C14H15N7O6S. The van der Waals surface area contributed by atoms with Crippen LogP contribution in [0.5, 0.6) is 0 Å². The SMILES string of the molecule is Cn1cnc([N+](=O)[O-])c1Sc1ncnc2c1ncn2[C@@H]1O[C@H](CO)[C@@H](O)[C@@H]1O. The fraction of sp³-hybridized carbons (Fsp3) is 0.429. The summed E-state index contributed by atoms with van der Waals surface area (Å²) in [5.41, 5.74) is 0.637. The average molecular weight is 409 g/mol. The largest absolute Gasteiger partial charge is 0.396 e. The van der Waals surface area contributed by atoms with E-state index in [2.05, 4.69) is 19.9 Å². The number of hydrogen-bond donors (Lipinski definition) is 3. The van der Waals surface area contributed by atoms with Gasteiger partial charge >= 0.3 is 5.82 Å². The molecule has 4 rings (SSSR count). The Bertz CT molecular complexity index is 1040. The van der Waals surface area contributed by atoms with Crippen molar-refractivity contribution in [1.82, 2.24) is 29.1 Å². The number of nitrogens with zero attached hydrogens (tertiary/aromatic N) is 7. The molecule has 0 spiro atoms. The van der Waals surface area contributed by atoms with Crippen molar-refractivity contribution >= 4 is 28.7 Å². The molecular weight excluding hydrogens is 394 g/mol. The molecule has 0 radical (unpaired) electrons. The lowest BCUT2D eigenvalue weighted by Crippen LogP contribution is -2.33. The molecule has 0 amide bonds. The summed E-state index contributed by atoms with van der Waals surface area (Å²) in [5, 5.41) is 41.2. The number of aliphatic hydroxyl groups excluding tert-OH is 3. The van der Waals surface area contributed by atoms with Crippen LogP contribution in [-0.2, 0) is 11.8 Å². The highest BCUT2D eigenvalue weighted by molar-refractivity contribution is 7.99. The predicted molar refractivity (Wildman–Crippen MR) is 92.3 cm³/mol. The maximum Gasteiger partial charge on any atom is 0.396 e. The van der Waals surface area contributed by atoms with Gasteiger partial charge in [-0.1, -0.05) is 0 Å². The van der Waals surface area contributed by atoms with Crippen LogP contribution in [-0.4, -0.2) is 74.2 Å². The van der Waals surface area contributed by atoms with Crippen molar-refractivity contribution in [2.75, 3.05) is 6.61 Å². The molecule has 1 aliphatic heterocycles. The lowest BCUT2D eigenvalue weighted by atomic mass is 10.1. The monoisotopic (exact) mass is 409 g/mol. The van der Waals surface area contributed by atoms with Gasteiger partial charge in [-0.25, -0.2) is 15.0 Å². The molecule has 0 unspecified atom stereocenters. The Labute approximate surface area is 160 Å². The maximum atomic E-state index is 11.2. The molecule has 0 saturated carbocycles. The van der Waals surface area contributed by atoms with Gasteiger partial charge in [-0.15, -0.1) is 0 Å². The van der Waals surface area contributed by atoms with Crippen LogP contribution in [0.4, 0.5) is 5.82 Å². The summed E-state index contributed by atoms with van der Waals surface area (Å²) in [7, 11) is 1.62. The summed E-state index contributed by atoms with van der Waals surface area (Å²) in [5.74, 6) is -0.304. The Morgan fingerprint density at radius 2 is 2.04 bits per heavy atom. The number of imidazole rings is 2. The van der Waals surface area contributed by atoms with Gasteiger partial charge in [-0.3, -0.25) is 4.57 Å². The van der Waals surface area contributed by atoms with E-state index in [1.54, 1.807) is 7.05 Å². The van der Waals surface area contributed by atoms with Gasteiger partial charge in [0.15, 0.2) is 16.9 Å². The molecule has 1 saturated heterocycles. The summed E-state index contributed by atoms with van der Waals surface area (Å²) in [4.78, 5) is 26.9. The summed E-state index contributed by atoms with van der Waals surface area (Å²) in [6.45, 7) is -0.457. The highest BCUT2D eigenvalue weighted by atomic mass is 32.2. The van der Waals surface area contributed by atoms with Crippen molar-refractivity contribution in [1.29, 1.82) is 0 Å². The number of fused-ring (bicyclic) bond motifs is 1. The topological polar surface area (TPSA) is 174 Å². The van der Waals surface area contributed by atoms with Crippen LogP contribution in [0.1, 0.15) is 6.23 Å². The van der Waals surface area contributed by atoms with E-state index in [0.717, 1.165) is 11.8 Å². The van der Waals surface area contributed by atoms with Crippen molar-refractivity contribution in [3.63, 3.8) is 0 Å². The summed E-state index contributed by atoms with van der Waals surface area (Å²) < 4.78 is 8.42. The first-order valence-corrected chi connectivity index (χ1v) is 8.87. The first kappa shape index (κ1) is 18.7. The zero-order chi connectivity index (χ0) is 20.0. The third kappa shape index (κ3) is 2.91. The molecule has 148 valence electrons. The van der Waals surface area contributed by atoms with Gasteiger partial charge in [-0.05, 0) is 21.7 Å². The number of hydrogen-bond acceptors (Lipinski definition) is 11. The summed E-state index contributed by atoms with van der Waals surface area (Å²) in [6, 6.07) is 0. The molecule has 1 fully saturated rings. The van der Waals surface area contributed by atoms with Crippen molar-refractivity contribution in [2.45, 2.75) is 34.6 Å². The Morgan fingerprint density at radius 3 is 2.71 bits per heavy atom. The molecule has 3 N–H and O–H groups in total. The van der Waals surface area contributed by atoms with E-state index in [1.807, 2.05) is 0 Å². The Hall–Kier alpha value is -2.65. The van der Waals surface area contributed by atoms with Gasteiger partial charge < -0.3 is 34.7 Å². The second kappa shape index (κ2) is 7.06. The third-order valence-corrected chi connectivity index (χ3v) is 5.50. The summed E-state index contributed by atoms with van der Waals surface area (Å²) in [6.07, 6.45) is -0.551. The standard InChI is InChI=1S/C14H15N7O6S/c1-19-4-18-11(21(25)26)14(19)28-12-7-10(15-3-16-12)20(5-17-7)13-9(24)8(23)6(2-22)27-13/h3-6,8-9,13,22-24H,2H2,1H3/t6-,8-,9+,13-/m1/s1. The van der Waals surface area contributed by atoms with E-state index in [-0.39, 0.29) is 10.8 Å². The fourth-order valence-corrected chi connectivity index (χ4v) is 3.88. The highest BCUT2D eigenvalue weighted by Crippen LogP contribution is 2.37. The predicted octanol–water partition coefficient (Wildman–Crippen LogP) is -0.769. The minimum Gasteiger partial charge on any atom is -0.394 e. The number of aromatic nitrogens is 6. The third-order valence-electron chi connectivity index (χ3n) is 4.35. The van der Waals surface area contributed by atoms with Crippen LogP contribution < -0.4 is 0 Å². The first-order valence-electron chi connectivity index (χ1n) is 8.06. The Morgan fingerprint density at radius 1 is 1.25 bits per heavy atom. The van der Waals surface area contributed by atoms with Crippen LogP contribution in [0.15, 0.2) is 29.0 Å². The minimum absolute atomic E-state index is 0.271. The van der Waals surface area contributed by atoms with Crippen LogP contribution in [0, 0.1) is 10.1 Å². The van der Waals surface area contributed by atoms with Crippen LogP contribution >= 0.6 is 11.8 Å². The molecule has 0 aliphatic carbocycles. The van der Waals surface area contributed by atoms with Crippen LogP contribution in [0.25, 0.3) is 11.2 Å². The second-order valence-electron chi connectivity index (χ2n) is 6.08. The summed E-state index contributed by atoms with van der Waals surface area (Å²) >= 11 is 1.01. The number of aryl methyl sites for hydroxylation is 1. The van der Waals surface area contributed by atoms with Crippen molar-refractivity contribution < 1.29 is 25.0 Å². The van der Waals surface area contributed by atoms with Gasteiger partial charge in [-0.2, -0.15) is 0 Å². The van der Waals surface area contributed by atoms with E-state index in [4.69, 9.17) is 4.74 Å². The normalized spacial score (nSPS) is 24.9. The van der Waals surface area contributed by atoms with E-state index >= 15 is 0 Å². The smallest absolute Gasteiger partial charge is 0.394 e. The molecule has 3 aromatic heterocycles. The van der Waals surface area contributed by atoms with Gasteiger partial charge in [0, 0.05) is 7.05 Å². The Kier molecular flexibility index (Phi) is 4.72. The number of aliphatic hydroxyl groups is 3. The van der Waals surface area contributed by atoms with E-state index in [9.17, 15) is 25.4 Å². The second-order valence-corrected chi connectivity index (χ2v) is 7.05. The van der Waals surface area contributed by atoms with Crippen molar-refractivity contribution in [3.8, 4) is 0 Å². The lowest BCUT2D eigenvalue weighted by Gasteiger charge is -2.16. The molecule has 13 nitrogen and oxygen atoms in total. The molecule has 4 atom stereocenters. The Balaban J connectivity index is 1.72. The van der Waals surface area contributed by atoms with E-state index in [0.29, 0.717) is 16.2 Å². The molecule has 1 aliphatic rings. The van der Waals surface area contributed by atoms with Crippen molar-refractivity contribution in [3.05, 3.63) is 29.1 Å². The number of ether oxygens (including phenoxy) is 1. The maximum absolute atomic E-state index is 11.2. The molecule has 28 heavy (non-hydrogen) atoms. The molecule has 0 bridgehead atoms. The van der Waals surface area contributed by atoms with Gasteiger partial charge in [0.1, 0.15) is 35.2 Å². The van der Waals surface area contributed by atoms with Crippen molar-refractivity contribution in [2.24, 2.45) is 7.05 Å². The zero-order valence-electron chi connectivity index (χ0n) is 14.4. The molecule has 4 heterocycles. The quantitative estimate of drug-likeness (QED) is 0.274. The molecule has 3 aromatic rings. The molecule has 0 aromatic carbocycles. The van der Waals surface area contributed by atoms with Crippen LogP contribution in [0.2, 0.25) is 0 Å². The fourth-order valence-electron chi connectivity index (χ4n) is 2.94. The first-order chi connectivity index (χ1) is 13.4. The highest BCUT2D eigenvalue weighted by Gasteiger charge is 2.44. The van der Waals surface area contributed by atoms with Gasteiger partial charge in [0.2, 0.25) is 6.33 Å². The number of rotatable bonds is 5. The number of nitro groups is 1. The molecule has 14 heteroatoms. The van der Waals surface area contributed by atoms with Gasteiger partial charge in [0.25, 0.3) is 0 Å². The zero-order valence-corrected chi connectivity index (χ0v) is 15.2. The minimum atomic E-state index is -1.29.